The highest BCUT2D eigenvalue weighted by Gasteiger charge is 2.33. The number of nitrogens with zero attached hydrogens (tertiary/aromatic N) is 2. The van der Waals surface area contributed by atoms with Gasteiger partial charge in [0.1, 0.15) is 18.3 Å². The molecule has 3 aromatic carbocycles. The summed E-state index contributed by atoms with van der Waals surface area (Å²) in [5.41, 5.74) is 1.13. The lowest BCUT2D eigenvalue weighted by molar-refractivity contribution is -0.140. The predicted molar refractivity (Wildman–Crippen MR) is 139 cm³/mol. The molecular weight excluding hydrogens is 478 g/mol. The van der Waals surface area contributed by atoms with Crippen LogP contribution in [0.4, 0.5) is 5.69 Å². The minimum absolute atomic E-state index is 0.0710. The van der Waals surface area contributed by atoms with Gasteiger partial charge in [-0.2, -0.15) is 0 Å². The number of nitrogens with one attached hydrogen (secondary N) is 1. The van der Waals surface area contributed by atoms with Gasteiger partial charge in [0.05, 0.1) is 17.7 Å². The molecule has 0 aliphatic rings. The first-order valence-corrected chi connectivity index (χ1v) is 13.0. The normalized spacial score (nSPS) is 11.9. The first-order valence-electron chi connectivity index (χ1n) is 11.6. The number of methoxy groups -OCH3 is 1. The van der Waals surface area contributed by atoms with Crippen molar-refractivity contribution in [1.29, 1.82) is 0 Å². The molecule has 190 valence electrons. The van der Waals surface area contributed by atoms with E-state index in [4.69, 9.17) is 4.74 Å². The molecule has 0 radical (unpaired) electrons. The smallest absolute Gasteiger partial charge is 0.264 e. The number of carbonyl (C=O) groups is 2. The van der Waals surface area contributed by atoms with E-state index in [9.17, 15) is 18.0 Å². The molecule has 0 saturated carbocycles. The average molecular weight is 510 g/mol. The summed E-state index contributed by atoms with van der Waals surface area (Å²) in [6.07, 6.45) is 0.359. The lowest BCUT2D eigenvalue weighted by atomic mass is 10.1. The van der Waals surface area contributed by atoms with E-state index in [0.717, 1.165) is 9.87 Å². The van der Waals surface area contributed by atoms with E-state index in [1.54, 1.807) is 67.8 Å². The highest BCUT2D eigenvalue weighted by molar-refractivity contribution is 7.92. The Hall–Kier alpha value is -3.85. The zero-order valence-corrected chi connectivity index (χ0v) is 21.4. The minimum Gasteiger partial charge on any atom is -0.497 e. The maximum Gasteiger partial charge on any atom is 0.264 e. The van der Waals surface area contributed by atoms with Crippen LogP contribution >= 0.6 is 0 Å². The van der Waals surface area contributed by atoms with E-state index in [1.165, 1.54) is 24.1 Å². The highest BCUT2D eigenvalue weighted by Crippen LogP contribution is 2.24. The molecule has 2 amide bonds. The minimum atomic E-state index is -4.05. The first kappa shape index (κ1) is 26.7. The SMILES string of the molecule is CC[C@H](C(=O)NC)N(Cc1ccc(OC)cc1)C(=O)CN(c1ccccc1)S(=O)(=O)c1ccccc1. The summed E-state index contributed by atoms with van der Waals surface area (Å²) < 4.78 is 33.5. The van der Waals surface area contributed by atoms with E-state index >= 15 is 0 Å². The van der Waals surface area contributed by atoms with Gasteiger partial charge >= 0.3 is 0 Å². The van der Waals surface area contributed by atoms with Crippen LogP contribution in [0.5, 0.6) is 5.75 Å². The molecule has 0 aromatic heterocycles. The van der Waals surface area contributed by atoms with Gasteiger partial charge in [-0.3, -0.25) is 13.9 Å². The number of carbonyl (C=O) groups excluding carboxylic acids is 2. The number of rotatable bonds is 11. The molecule has 9 heteroatoms. The molecule has 3 rings (SSSR count). The molecule has 0 aliphatic carbocycles. The zero-order chi connectivity index (χ0) is 26.1. The number of hydrogen-bond acceptors (Lipinski definition) is 5. The van der Waals surface area contributed by atoms with Crippen LogP contribution in [-0.2, 0) is 26.2 Å². The van der Waals surface area contributed by atoms with Gasteiger partial charge in [0.25, 0.3) is 10.0 Å². The average Bonchev–Trinajstić information content (AvgIpc) is 2.92. The van der Waals surface area contributed by atoms with Crippen LogP contribution in [0.25, 0.3) is 0 Å². The second kappa shape index (κ2) is 12.2. The van der Waals surface area contributed by atoms with Gasteiger partial charge in [-0.25, -0.2) is 8.42 Å². The third-order valence-corrected chi connectivity index (χ3v) is 7.59. The van der Waals surface area contributed by atoms with E-state index in [2.05, 4.69) is 5.32 Å². The van der Waals surface area contributed by atoms with Crippen molar-refractivity contribution in [2.75, 3.05) is 25.0 Å². The Balaban J connectivity index is 2.01. The van der Waals surface area contributed by atoms with Crippen molar-refractivity contribution in [2.45, 2.75) is 30.8 Å². The van der Waals surface area contributed by atoms with Crippen molar-refractivity contribution < 1.29 is 22.7 Å². The summed E-state index contributed by atoms with van der Waals surface area (Å²) in [5.74, 6) is -0.152. The van der Waals surface area contributed by atoms with Crippen LogP contribution in [0, 0.1) is 0 Å². The van der Waals surface area contributed by atoms with Crippen molar-refractivity contribution >= 4 is 27.5 Å². The number of likely N-dealkylation sites (N-methyl/N-ethyl adjacent to an activating group) is 1. The van der Waals surface area contributed by atoms with Crippen molar-refractivity contribution in [3.05, 3.63) is 90.5 Å². The number of benzene rings is 3. The maximum atomic E-state index is 13.8. The summed E-state index contributed by atoms with van der Waals surface area (Å²) in [4.78, 5) is 28.0. The number of hydrogen-bond donors (Lipinski definition) is 1. The van der Waals surface area contributed by atoms with Gasteiger partial charge in [0.15, 0.2) is 0 Å². The van der Waals surface area contributed by atoms with Crippen LogP contribution in [0.2, 0.25) is 0 Å². The Bertz CT molecular complexity index is 1250. The van der Waals surface area contributed by atoms with Gasteiger partial charge in [-0.1, -0.05) is 55.5 Å². The Morgan fingerprint density at radius 1 is 0.917 bits per heavy atom. The quantitative estimate of drug-likeness (QED) is 0.427. The van der Waals surface area contributed by atoms with Crippen molar-refractivity contribution in [3.63, 3.8) is 0 Å². The molecule has 0 spiro atoms. The second-order valence-corrected chi connectivity index (χ2v) is 9.93. The van der Waals surface area contributed by atoms with Crippen LogP contribution < -0.4 is 14.4 Å². The predicted octanol–water partition coefficient (Wildman–Crippen LogP) is 3.44. The van der Waals surface area contributed by atoms with Gasteiger partial charge in [-0.05, 0) is 48.4 Å². The Kier molecular flexibility index (Phi) is 9.08. The van der Waals surface area contributed by atoms with E-state index in [1.807, 2.05) is 19.1 Å². The molecule has 36 heavy (non-hydrogen) atoms. The fourth-order valence-electron chi connectivity index (χ4n) is 3.86. The third kappa shape index (κ3) is 6.23. The molecule has 0 unspecified atom stereocenters. The Morgan fingerprint density at radius 2 is 1.50 bits per heavy atom. The molecule has 1 N–H and O–H groups in total. The monoisotopic (exact) mass is 509 g/mol. The lowest BCUT2D eigenvalue weighted by Crippen LogP contribution is -2.51. The Morgan fingerprint density at radius 3 is 2.03 bits per heavy atom. The highest BCUT2D eigenvalue weighted by atomic mass is 32.2. The van der Waals surface area contributed by atoms with Gasteiger partial charge in [0.2, 0.25) is 11.8 Å². The number of para-hydroxylation sites is 1. The van der Waals surface area contributed by atoms with E-state index < -0.39 is 28.5 Å². The van der Waals surface area contributed by atoms with Crippen molar-refractivity contribution in [1.82, 2.24) is 10.2 Å². The second-order valence-electron chi connectivity index (χ2n) is 8.07. The van der Waals surface area contributed by atoms with Crippen molar-refractivity contribution in [3.8, 4) is 5.75 Å². The molecule has 3 aromatic rings. The van der Waals surface area contributed by atoms with Crippen molar-refractivity contribution in [2.24, 2.45) is 0 Å². The topological polar surface area (TPSA) is 96.0 Å². The van der Waals surface area contributed by atoms with Crippen LogP contribution in [0.3, 0.4) is 0 Å². The van der Waals surface area contributed by atoms with Gasteiger partial charge in [0, 0.05) is 13.6 Å². The Labute approximate surface area is 212 Å². The molecule has 0 saturated heterocycles. The summed E-state index contributed by atoms with van der Waals surface area (Å²) in [6, 6.07) is 22.8. The standard InChI is InChI=1S/C27H31N3O5S/c1-4-25(27(32)28-2)29(19-21-15-17-23(35-3)18-16-21)26(31)20-30(22-11-7-5-8-12-22)36(33,34)24-13-9-6-10-14-24/h5-18,25H,4,19-20H2,1-3H3,(H,28,32)/t25-/m1/s1. The lowest BCUT2D eigenvalue weighted by Gasteiger charge is -2.33. The molecule has 1 atom stereocenters. The summed E-state index contributed by atoms with van der Waals surface area (Å²) >= 11 is 0. The molecule has 0 aliphatic heterocycles. The number of ether oxygens (including phenoxy) is 1. The molecular formula is C27H31N3O5S. The fourth-order valence-corrected chi connectivity index (χ4v) is 5.29. The van der Waals surface area contributed by atoms with Crippen LogP contribution in [-0.4, -0.2) is 51.9 Å². The summed E-state index contributed by atoms with van der Waals surface area (Å²) in [7, 11) is -0.979. The van der Waals surface area contributed by atoms with Gasteiger partial charge in [-0.15, -0.1) is 0 Å². The summed E-state index contributed by atoms with van der Waals surface area (Å²) in [6.45, 7) is 1.47. The zero-order valence-electron chi connectivity index (χ0n) is 20.6. The van der Waals surface area contributed by atoms with E-state index in [0.29, 0.717) is 17.9 Å². The van der Waals surface area contributed by atoms with Gasteiger partial charge < -0.3 is 15.0 Å². The molecule has 0 fully saturated rings. The number of anilines is 1. The number of amides is 2. The summed E-state index contributed by atoms with van der Waals surface area (Å²) in [5, 5.41) is 2.61. The first-order chi connectivity index (χ1) is 17.3. The van der Waals surface area contributed by atoms with Crippen LogP contribution in [0.1, 0.15) is 18.9 Å². The third-order valence-electron chi connectivity index (χ3n) is 5.80. The van der Waals surface area contributed by atoms with E-state index in [-0.39, 0.29) is 17.3 Å². The van der Waals surface area contributed by atoms with Crippen LogP contribution in [0.15, 0.2) is 89.8 Å². The number of sulfonamides is 1. The molecule has 8 nitrogen and oxygen atoms in total. The maximum absolute atomic E-state index is 13.8. The largest absolute Gasteiger partial charge is 0.497 e. The fraction of sp³-hybridized carbons (Fsp3) is 0.259. The molecule has 0 bridgehead atoms. The molecule has 0 heterocycles.